The normalized spacial score (nSPS) is 20.6. The Morgan fingerprint density at radius 3 is 2.81 bits per heavy atom. The van der Waals surface area contributed by atoms with Crippen LogP contribution in [0.2, 0.25) is 0 Å². The molecule has 1 aliphatic heterocycles. The maximum atomic E-state index is 14.0. The van der Waals surface area contributed by atoms with Gasteiger partial charge in [0.25, 0.3) is 0 Å². The molecule has 1 amide bonds. The average molecular weight is 374 g/mol. The van der Waals surface area contributed by atoms with E-state index in [1.165, 1.54) is 13.0 Å². The number of hydroxylamine groups is 1. The molecule has 0 saturated carbocycles. The van der Waals surface area contributed by atoms with E-state index in [1.807, 2.05) is 16.9 Å². The van der Waals surface area contributed by atoms with Gasteiger partial charge in [-0.15, -0.1) is 0 Å². The summed E-state index contributed by atoms with van der Waals surface area (Å²) in [5, 5.41) is 5.31. The summed E-state index contributed by atoms with van der Waals surface area (Å²) in [5.74, 6) is -0.0241. The van der Waals surface area contributed by atoms with Crippen molar-refractivity contribution in [3.05, 3.63) is 48.5 Å². The van der Waals surface area contributed by atoms with Gasteiger partial charge in [-0.2, -0.15) is 10.2 Å². The predicted molar refractivity (Wildman–Crippen MR) is 101 cm³/mol. The lowest BCUT2D eigenvalue weighted by Crippen LogP contribution is -2.43. The van der Waals surface area contributed by atoms with Crippen LogP contribution in [-0.4, -0.2) is 46.8 Å². The number of amides is 1. The molecule has 0 bridgehead atoms. The van der Waals surface area contributed by atoms with Crippen molar-refractivity contribution in [3.63, 3.8) is 0 Å². The minimum atomic E-state index is -0.464. The summed E-state index contributed by atoms with van der Waals surface area (Å²) in [7, 11) is 0. The Hall–Kier alpha value is -2.25. The number of halogens is 1. The van der Waals surface area contributed by atoms with Gasteiger partial charge in [0.15, 0.2) is 0 Å². The second-order valence-electron chi connectivity index (χ2n) is 7.16. The van der Waals surface area contributed by atoms with Crippen molar-refractivity contribution in [2.75, 3.05) is 31.3 Å². The molecular formula is C20H27FN4O2. The molecule has 2 atom stereocenters. The molecule has 0 radical (unpaired) electrons. The topological polar surface area (TPSA) is 50.6 Å². The van der Waals surface area contributed by atoms with Gasteiger partial charge in [0.05, 0.1) is 13.2 Å². The third-order valence-electron chi connectivity index (χ3n) is 5.15. The standard InChI is InChI=1S/C20H27FN4O2/c1-16-14-23(12-13-24-10-5-9-22-24)11-8-18(16)15-27-25(17(2)26)20-7-4-3-6-19(20)21/h3-7,9-10,16,18H,8,11-15H2,1-2H3. The van der Waals surface area contributed by atoms with Gasteiger partial charge in [-0.25, -0.2) is 4.39 Å². The number of carbonyl (C=O) groups is 1. The Bertz CT molecular complexity index is 737. The molecule has 27 heavy (non-hydrogen) atoms. The third kappa shape index (κ3) is 5.14. The fourth-order valence-corrected chi connectivity index (χ4v) is 3.52. The van der Waals surface area contributed by atoms with Crippen LogP contribution in [0.15, 0.2) is 42.7 Å². The molecule has 0 aliphatic carbocycles. The number of piperidine rings is 1. The van der Waals surface area contributed by atoms with Crippen LogP contribution >= 0.6 is 0 Å². The van der Waals surface area contributed by atoms with Gasteiger partial charge >= 0.3 is 0 Å². The minimum Gasteiger partial charge on any atom is -0.301 e. The Labute approximate surface area is 159 Å². The van der Waals surface area contributed by atoms with Crippen molar-refractivity contribution in [2.24, 2.45) is 11.8 Å². The van der Waals surface area contributed by atoms with Crippen molar-refractivity contribution in [1.29, 1.82) is 0 Å². The molecule has 146 valence electrons. The van der Waals surface area contributed by atoms with Gasteiger partial charge < -0.3 is 4.90 Å². The van der Waals surface area contributed by atoms with E-state index in [0.29, 0.717) is 18.4 Å². The lowest BCUT2D eigenvalue weighted by Gasteiger charge is -2.37. The van der Waals surface area contributed by atoms with E-state index in [-0.39, 0.29) is 11.6 Å². The summed E-state index contributed by atoms with van der Waals surface area (Å²) in [6.07, 6.45) is 4.76. The van der Waals surface area contributed by atoms with Crippen LogP contribution in [-0.2, 0) is 16.2 Å². The largest absolute Gasteiger partial charge is 0.301 e. The molecule has 1 aromatic heterocycles. The molecule has 2 aromatic rings. The maximum Gasteiger partial charge on any atom is 0.247 e. The first-order valence-corrected chi connectivity index (χ1v) is 9.42. The molecular weight excluding hydrogens is 347 g/mol. The molecule has 1 aliphatic rings. The van der Waals surface area contributed by atoms with Gasteiger partial charge in [-0.1, -0.05) is 19.1 Å². The molecule has 1 fully saturated rings. The van der Waals surface area contributed by atoms with E-state index < -0.39 is 5.82 Å². The molecule has 0 N–H and O–H groups in total. The number of para-hydroxylation sites is 1. The highest BCUT2D eigenvalue weighted by Crippen LogP contribution is 2.26. The lowest BCUT2D eigenvalue weighted by molar-refractivity contribution is -0.125. The molecule has 1 aromatic carbocycles. The Morgan fingerprint density at radius 1 is 1.33 bits per heavy atom. The van der Waals surface area contributed by atoms with Crippen LogP contribution < -0.4 is 5.06 Å². The zero-order valence-electron chi connectivity index (χ0n) is 15.9. The van der Waals surface area contributed by atoms with E-state index in [0.717, 1.165) is 37.7 Å². The Morgan fingerprint density at radius 2 is 2.15 bits per heavy atom. The molecule has 1 saturated heterocycles. The summed E-state index contributed by atoms with van der Waals surface area (Å²) in [6, 6.07) is 8.10. The minimum absolute atomic E-state index is 0.161. The molecule has 7 heteroatoms. The van der Waals surface area contributed by atoms with Crippen molar-refractivity contribution in [3.8, 4) is 0 Å². The molecule has 0 spiro atoms. The van der Waals surface area contributed by atoms with Crippen molar-refractivity contribution >= 4 is 11.6 Å². The number of likely N-dealkylation sites (tertiary alicyclic amines) is 1. The van der Waals surface area contributed by atoms with Crippen molar-refractivity contribution in [2.45, 2.75) is 26.8 Å². The van der Waals surface area contributed by atoms with Crippen LogP contribution in [0.5, 0.6) is 0 Å². The Balaban J connectivity index is 1.50. The highest BCUT2D eigenvalue weighted by molar-refractivity contribution is 5.89. The number of hydrogen-bond acceptors (Lipinski definition) is 4. The maximum absolute atomic E-state index is 14.0. The summed E-state index contributed by atoms with van der Waals surface area (Å²) < 4.78 is 16.0. The first-order chi connectivity index (χ1) is 13.0. The van der Waals surface area contributed by atoms with Gasteiger partial charge in [-0.05, 0) is 43.0 Å². The van der Waals surface area contributed by atoms with Crippen LogP contribution in [0.3, 0.4) is 0 Å². The second-order valence-corrected chi connectivity index (χ2v) is 7.16. The fraction of sp³-hybridized carbons (Fsp3) is 0.500. The van der Waals surface area contributed by atoms with Crippen LogP contribution in [0, 0.1) is 17.7 Å². The number of hydrogen-bond donors (Lipinski definition) is 0. The number of carbonyl (C=O) groups excluding carboxylic acids is 1. The highest BCUT2D eigenvalue weighted by atomic mass is 19.1. The summed E-state index contributed by atoms with van der Waals surface area (Å²) >= 11 is 0. The summed E-state index contributed by atoms with van der Waals surface area (Å²) in [5.41, 5.74) is 0.161. The zero-order valence-corrected chi connectivity index (χ0v) is 15.9. The smallest absolute Gasteiger partial charge is 0.247 e. The van der Waals surface area contributed by atoms with E-state index in [1.54, 1.807) is 24.4 Å². The molecule has 3 rings (SSSR count). The number of rotatable bonds is 7. The highest BCUT2D eigenvalue weighted by Gasteiger charge is 2.28. The average Bonchev–Trinajstić information content (AvgIpc) is 3.16. The van der Waals surface area contributed by atoms with Crippen molar-refractivity contribution < 1.29 is 14.0 Å². The van der Waals surface area contributed by atoms with Crippen LogP contribution in [0.1, 0.15) is 20.3 Å². The number of benzene rings is 1. The SMILES string of the molecule is CC(=O)N(OCC1CCN(CCn2cccn2)CC1C)c1ccccc1F. The quantitative estimate of drug-likeness (QED) is 0.699. The summed E-state index contributed by atoms with van der Waals surface area (Å²) in [4.78, 5) is 20.1. The van der Waals surface area contributed by atoms with E-state index in [9.17, 15) is 9.18 Å². The van der Waals surface area contributed by atoms with Gasteiger partial charge in [-0.3, -0.25) is 14.3 Å². The lowest BCUT2D eigenvalue weighted by atomic mass is 9.87. The van der Waals surface area contributed by atoms with E-state index in [4.69, 9.17) is 4.84 Å². The van der Waals surface area contributed by atoms with Crippen LogP contribution in [0.4, 0.5) is 10.1 Å². The van der Waals surface area contributed by atoms with Crippen LogP contribution in [0.25, 0.3) is 0 Å². The zero-order chi connectivity index (χ0) is 19.2. The first kappa shape index (κ1) is 19.5. The fourth-order valence-electron chi connectivity index (χ4n) is 3.52. The molecule has 2 unspecified atom stereocenters. The molecule has 2 heterocycles. The number of nitrogens with zero attached hydrogens (tertiary/aromatic N) is 4. The second kappa shape index (κ2) is 9.10. The number of anilines is 1. The van der Waals surface area contributed by atoms with Crippen molar-refractivity contribution in [1.82, 2.24) is 14.7 Å². The third-order valence-corrected chi connectivity index (χ3v) is 5.15. The Kier molecular flexibility index (Phi) is 6.58. The summed E-state index contributed by atoms with van der Waals surface area (Å²) in [6.45, 7) is 7.81. The van der Waals surface area contributed by atoms with E-state index >= 15 is 0 Å². The predicted octanol–water partition coefficient (Wildman–Crippen LogP) is 2.96. The van der Waals surface area contributed by atoms with Gasteiger partial charge in [0.1, 0.15) is 11.5 Å². The van der Waals surface area contributed by atoms with E-state index in [2.05, 4.69) is 16.9 Å². The molecule has 6 nitrogen and oxygen atoms in total. The van der Waals surface area contributed by atoms with Gasteiger partial charge in [0.2, 0.25) is 5.91 Å². The first-order valence-electron chi connectivity index (χ1n) is 9.42. The monoisotopic (exact) mass is 374 g/mol. The number of aromatic nitrogens is 2. The van der Waals surface area contributed by atoms with Gasteiger partial charge in [0, 0.05) is 32.4 Å².